The van der Waals surface area contributed by atoms with Gasteiger partial charge < -0.3 is 9.64 Å². The molecule has 3 rings (SSSR count). The van der Waals surface area contributed by atoms with Crippen LogP contribution in [0.5, 0.6) is 0 Å². The Morgan fingerprint density at radius 1 is 1.52 bits per heavy atom. The number of rotatable bonds is 3. The first-order chi connectivity index (χ1) is 10.2. The molecule has 1 aliphatic rings. The summed E-state index contributed by atoms with van der Waals surface area (Å²) in [6, 6.07) is 2.13. The zero-order valence-electron chi connectivity index (χ0n) is 12.3. The molecule has 0 spiro atoms. The Morgan fingerprint density at radius 3 is 3.19 bits per heavy atom. The van der Waals surface area contributed by atoms with E-state index in [4.69, 9.17) is 4.74 Å². The summed E-state index contributed by atoms with van der Waals surface area (Å²) in [4.78, 5) is 25.2. The van der Waals surface area contributed by atoms with Crippen molar-refractivity contribution in [3.05, 3.63) is 17.3 Å². The minimum atomic E-state index is -0.0889. The van der Waals surface area contributed by atoms with E-state index in [-0.39, 0.29) is 11.9 Å². The van der Waals surface area contributed by atoms with Gasteiger partial charge in [-0.3, -0.25) is 4.79 Å². The smallest absolute Gasteiger partial charge is 0.310 e. The maximum Gasteiger partial charge on any atom is 0.310 e. The van der Waals surface area contributed by atoms with Crippen LogP contribution >= 0.6 is 11.3 Å². The van der Waals surface area contributed by atoms with Gasteiger partial charge in [-0.2, -0.15) is 0 Å². The molecular formula is C15H19N3O2S. The lowest BCUT2D eigenvalue weighted by Gasteiger charge is -2.32. The van der Waals surface area contributed by atoms with Crippen molar-refractivity contribution >= 4 is 33.3 Å². The van der Waals surface area contributed by atoms with E-state index in [1.165, 1.54) is 4.88 Å². The van der Waals surface area contributed by atoms with Crippen LogP contribution in [0, 0.1) is 12.8 Å². The molecule has 0 bridgehead atoms. The number of ether oxygens (including phenoxy) is 1. The second kappa shape index (κ2) is 5.97. The third-order valence-electron chi connectivity index (χ3n) is 3.77. The number of esters is 1. The van der Waals surface area contributed by atoms with Gasteiger partial charge in [-0.15, -0.1) is 11.3 Å². The van der Waals surface area contributed by atoms with Crippen LogP contribution in [0.4, 0.5) is 5.82 Å². The fraction of sp³-hybridized carbons (Fsp3) is 0.533. The predicted molar refractivity (Wildman–Crippen MR) is 83.7 cm³/mol. The van der Waals surface area contributed by atoms with Gasteiger partial charge in [0.2, 0.25) is 0 Å². The van der Waals surface area contributed by atoms with E-state index in [1.54, 1.807) is 17.7 Å². The van der Waals surface area contributed by atoms with Crippen molar-refractivity contribution in [1.82, 2.24) is 9.97 Å². The van der Waals surface area contributed by atoms with Gasteiger partial charge >= 0.3 is 5.97 Å². The quantitative estimate of drug-likeness (QED) is 0.816. The van der Waals surface area contributed by atoms with Gasteiger partial charge in [-0.1, -0.05) is 0 Å². The minimum Gasteiger partial charge on any atom is -0.466 e. The largest absolute Gasteiger partial charge is 0.466 e. The fourth-order valence-electron chi connectivity index (χ4n) is 2.84. The van der Waals surface area contributed by atoms with Crippen molar-refractivity contribution in [2.75, 3.05) is 24.6 Å². The van der Waals surface area contributed by atoms with Gasteiger partial charge in [-0.25, -0.2) is 9.97 Å². The topological polar surface area (TPSA) is 55.3 Å². The molecule has 0 N–H and O–H groups in total. The number of hydrogen-bond donors (Lipinski definition) is 0. The first-order valence-corrected chi connectivity index (χ1v) is 8.13. The minimum absolute atomic E-state index is 0.0524. The molecule has 112 valence electrons. The average molecular weight is 305 g/mol. The Balaban J connectivity index is 1.86. The SMILES string of the molecule is CCOC(=O)C1CCCN(c2ncnc3sc(C)cc23)C1. The van der Waals surface area contributed by atoms with E-state index in [2.05, 4.69) is 27.9 Å². The molecular weight excluding hydrogens is 286 g/mol. The van der Waals surface area contributed by atoms with Crippen molar-refractivity contribution in [3.8, 4) is 0 Å². The first-order valence-electron chi connectivity index (χ1n) is 7.31. The van der Waals surface area contributed by atoms with Crippen molar-refractivity contribution < 1.29 is 9.53 Å². The normalized spacial score (nSPS) is 19.0. The number of nitrogens with zero attached hydrogens (tertiary/aromatic N) is 3. The van der Waals surface area contributed by atoms with Crippen molar-refractivity contribution in [2.45, 2.75) is 26.7 Å². The highest BCUT2D eigenvalue weighted by Crippen LogP contribution is 2.32. The third-order valence-corrected chi connectivity index (χ3v) is 4.73. The highest BCUT2D eigenvalue weighted by molar-refractivity contribution is 7.18. The van der Waals surface area contributed by atoms with Crippen LogP contribution in [0.15, 0.2) is 12.4 Å². The van der Waals surface area contributed by atoms with E-state index in [0.29, 0.717) is 13.2 Å². The van der Waals surface area contributed by atoms with Crippen LogP contribution < -0.4 is 4.90 Å². The van der Waals surface area contributed by atoms with Crippen LogP contribution in [0.1, 0.15) is 24.6 Å². The maximum atomic E-state index is 12.0. The van der Waals surface area contributed by atoms with Crippen LogP contribution in [0.3, 0.4) is 0 Å². The third kappa shape index (κ3) is 2.85. The summed E-state index contributed by atoms with van der Waals surface area (Å²) in [5.41, 5.74) is 0. The van der Waals surface area contributed by atoms with Gasteiger partial charge in [0.25, 0.3) is 0 Å². The number of aromatic nitrogens is 2. The van der Waals surface area contributed by atoms with Crippen LogP contribution in [0.25, 0.3) is 10.2 Å². The number of anilines is 1. The van der Waals surface area contributed by atoms with E-state index >= 15 is 0 Å². The highest BCUT2D eigenvalue weighted by atomic mass is 32.1. The Bertz CT molecular complexity index is 655. The van der Waals surface area contributed by atoms with Crippen LogP contribution in [-0.4, -0.2) is 35.6 Å². The summed E-state index contributed by atoms with van der Waals surface area (Å²) in [6.45, 7) is 5.97. The van der Waals surface area contributed by atoms with E-state index in [1.807, 2.05) is 6.92 Å². The molecule has 6 heteroatoms. The molecule has 0 radical (unpaired) electrons. The second-order valence-electron chi connectivity index (χ2n) is 5.31. The lowest BCUT2D eigenvalue weighted by Crippen LogP contribution is -2.39. The molecule has 0 amide bonds. The van der Waals surface area contributed by atoms with Crippen molar-refractivity contribution in [3.63, 3.8) is 0 Å². The van der Waals surface area contributed by atoms with E-state index in [9.17, 15) is 4.79 Å². The molecule has 1 unspecified atom stereocenters. The molecule has 1 fully saturated rings. The molecule has 1 aliphatic heterocycles. The zero-order valence-corrected chi connectivity index (χ0v) is 13.2. The van der Waals surface area contributed by atoms with Crippen molar-refractivity contribution in [2.24, 2.45) is 5.92 Å². The number of thiophene rings is 1. The van der Waals surface area contributed by atoms with Gasteiger partial charge in [0.05, 0.1) is 17.9 Å². The average Bonchev–Trinajstić information content (AvgIpc) is 2.87. The Hall–Kier alpha value is -1.69. The summed E-state index contributed by atoms with van der Waals surface area (Å²) in [5.74, 6) is 0.802. The summed E-state index contributed by atoms with van der Waals surface area (Å²) in [5, 5.41) is 1.09. The monoisotopic (exact) mass is 305 g/mol. The zero-order chi connectivity index (χ0) is 14.8. The fourth-order valence-corrected chi connectivity index (χ4v) is 3.68. The number of fused-ring (bicyclic) bond motifs is 1. The van der Waals surface area contributed by atoms with E-state index < -0.39 is 0 Å². The first kappa shape index (κ1) is 14.3. The second-order valence-corrected chi connectivity index (χ2v) is 6.55. The Morgan fingerprint density at radius 2 is 2.38 bits per heavy atom. The highest BCUT2D eigenvalue weighted by Gasteiger charge is 2.28. The summed E-state index contributed by atoms with van der Waals surface area (Å²) >= 11 is 1.68. The summed E-state index contributed by atoms with van der Waals surface area (Å²) in [7, 11) is 0. The summed E-state index contributed by atoms with van der Waals surface area (Å²) < 4.78 is 5.16. The lowest BCUT2D eigenvalue weighted by molar-refractivity contribution is -0.148. The van der Waals surface area contributed by atoms with Crippen LogP contribution in [0.2, 0.25) is 0 Å². The number of aryl methyl sites for hydroxylation is 1. The van der Waals surface area contributed by atoms with Gasteiger partial charge in [0.15, 0.2) is 0 Å². The van der Waals surface area contributed by atoms with E-state index in [0.717, 1.165) is 35.4 Å². The molecule has 0 aliphatic carbocycles. The van der Waals surface area contributed by atoms with Crippen molar-refractivity contribution in [1.29, 1.82) is 0 Å². The molecule has 21 heavy (non-hydrogen) atoms. The maximum absolute atomic E-state index is 12.0. The molecule has 2 aromatic rings. The lowest BCUT2D eigenvalue weighted by atomic mass is 9.98. The molecule has 0 saturated carbocycles. The Labute approximate surface area is 128 Å². The molecule has 1 atom stereocenters. The number of hydrogen-bond acceptors (Lipinski definition) is 6. The molecule has 3 heterocycles. The molecule has 0 aromatic carbocycles. The van der Waals surface area contributed by atoms with Gasteiger partial charge in [0, 0.05) is 18.0 Å². The molecule has 5 nitrogen and oxygen atoms in total. The molecule has 1 saturated heterocycles. The molecule has 2 aromatic heterocycles. The number of piperidine rings is 1. The number of carbonyl (C=O) groups excluding carboxylic acids is 1. The predicted octanol–water partition coefficient (Wildman–Crippen LogP) is 2.78. The van der Waals surface area contributed by atoms with Gasteiger partial charge in [-0.05, 0) is 32.8 Å². The Kier molecular flexibility index (Phi) is 4.05. The standard InChI is InChI=1S/C15H19N3O2S/c1-3-20-15(19)11-5-4-6-18(8-11)13-12-7-10(2)21-14(12)17-9-16-13/h7,9,11H,3-6,8H2,1-2H3. The summed E-state index contributed by atoms with van der Waals surface area (Å²) in [6.07, 6.45) is 3.49. The van der Waals surface area contributed by atoms with Gasteiger partial charge in [0.1, 0.15) is 17.0 Å². The van der Waals surface area contributed by atoms with Crippen LogP contribution in [-0.2, 0) is 9.53 Å². The number of carbonyl (C=O) groups is 1.